The van der Waals surface area contributed by atoms with Crippen LogP contribution in [0.1, 0.15) is 35.3 Å². The van der Waals surface area contributed by atoms with Crippen LogP contribution >= 0.6 is 27.5 Å². The maximum Gasteiger partial charge on any atom is 0.338 e. The second kappa shape index (κ2) is 13.0. The first-order valence-electron chi connectivity index (χ1n) is 11.0. The molecular formula is C27H25BrClNO5. The zero-order valence-electron chi connectivity index (χ0n) is 19.3. The van der Waals surface area contributed by atoms with E-state index in [1.54, 1.807) is 43.3 Å². The van der Waals surface area contributed by atoms with Gasteiger partial charge in [0.05, 0.1) is 23.2 Å². The molecule has 0 atom stereocenters. The molecule has 0 radical (unpaired) electrons. The molecule has 0 heterocycles. The van der Waals surface area contributed by atoms with Gasteiger partial charge < -0.3 is 19.5 Å². The van der Waals surface area contributed by atoms with Crippen molar-refractivity contribution in [1.82, 2.24) is 0 Å². The highest BCUT2D eigenvalue weighted by molar-refractivity contribution is 9.10. The van der Waals surface area contributed by atoms with Gasteiger partial charge in [-0.25, -0.2) is 4.79 Å². The van der Waals surface area contributed by atoms with Gasteiger partial charge in [0.1, 0.15) is 6.61 Å². The Morgan fingerprint density at radius 2 is 1.80 bits per heavy atom. The fraction of sp³-hybridized carbons (Fsp3) is 0.185. The van der Waals surface area contributed by atoms with Crippen molar-refractivity contribution in [3.05, 3.63) is 92.9 Å². The molecule has 1 amide bonds. The first kappa shape index (κ1) is 26.3. The summed E-state index contributed by atoms with van der Waals surface area (Å²) < 4.78 is 17.4. The van der Waals surface area contributed by atoms with E-state index in [4.69, 9.17) is 25.8 Å². The Labute approximate surface area is 218 Å². The average Bonchev–Trinajstić information content (AvgIpc) is 2.84. The molecule has 182 valence electrons. The van der Waals surface area contributed by atoms with Crippen molar-refractivity contribution in [3.8, 4) is 11.5 Å². The van der Waals surface area contributed by atoms with E-state index in [-0.39, 0.29) is 19.1 Å². The van der Waals surface area contributed by atoms with Gasteiger partial charge in [-0.1, -0.05) is 35.9 Å². The van der Waals surface area contributed by atoms with Crippen molar-refractivity contribution >= 4 is 51.2 Å². The predicted molar refractivity (Wildman–Crippen MR) is 141 cm³/mol. The number of halogens is 2. The topological polar surface area (TPSA) is 73.9 Å². The van der Waals surface area contributed by atoms with Crippen LogP contribution < -0.4 is 14.8 Å². The number of hydrogen-bond acceptors (Lipinski definition) is 5. The molecular weight excluding hydrogens is 534 g/mol. The van der Waals surface area contributed by atoms with E-state index in [1.165, 1.54) is 6.08 Å². The number of anilines is 1. The number of hydrogen-bond donors (Lipinski definition) is 1. The van der Waals surface area contributed by atoms with Crippen molar-refractivity contribution in [2.45, 2.75) is 20.5 Å². The molecule has 3 aromatic carbocycles. The minimum Gasteiger partial charge on any atom is -0.490 e. The van der Waals surface area contributed by atoms with E-state index in [0.717, 1.165) is 11.1 Å². The standard InChI is InChI=1S/C27H25BrClNO5/c1-3-33-24-15-18(14-22(28)26(24)35-17-20-8-5-6-11-23(20)29)12-13-25(31)30-21-10-7-9-19(16-21)27(32)34-4-2/h5-16H,3-4,17H2,1-2H3,(H,30,31)/b13-12+. The Kier molecular flexibility index (Phi) is 9.76. The largest absolute Gasteiger partial charge is 0.490 e. The van der Waals surface area contributed by atoms with Gasteiger partial charge in [-0.15, -0.1) is 0 Å². The lowest BCUT2D eigenvalue weighted by Gasteiger charge is -2.15. The third kappa shape index (κ3) is 7.60. The zero-order chi connectivity index (χ0) is 25.2. The van der Waals surface area contributed by atoms with Crippen molar-refractivity contribution in [2.24, 2.45) is 0 Å². The second-order valence-corrected chi connectivity index (χ2v) is 8.53. The lowest BCUT2D eigenvalue weighted by atomic mass is 10.1. The van der Waals surface area contributed by atoms with Gasteiger partial charge in [-0.3, -0.25) is 4.79 Å². The molecule has 0 bridgehead atoms. The molecule has 35 heavy (non-hydrogen) atoms. The molecule has 0 aliphatic rings. The number of rotatable bonds is 10. The number of ether oxygens (including phenoxy) is 3. The second-order valence-electron chi connectivity index (χ2n) is 7.27. The number of amides is 1. The normalized spacial score (nSPS) is 10.7. The molecule has 8 heteroatoms. The molecule has 6 nitrogen and oxygen atoms in total. The van der Waals surface area contributed by atoms with Gasteiger partial charge in [0.25, 0.3) is 0 Å². The van der Waals surface area contributed by atoms with Gasteiger partial charge in [-0.2, -0.15) is 0 Å². The number of esters is 1. The SMILES string of the molecule is CCOC(=O)c1cccc(NC(=O)/C=C/c2cc(Br)c(OCc3ccccc3Cl)c(OCC)c2)c1. The molecule has 0 spiro atoms. The Hall–Kier alpha value is -3.29. The van der Waals surface area contributed by atoms with Crippen molar-refractivity contribution < 1.29 is 23.8 Å². The lowest BCUT2D eigenvalue weighted by Crippen LogP contribution is -2.09. The summed E-state index contributed by atoms with van der Waals surface area (Å²) in [6.45, 7) is 4.62. The summed E-state index contributed by atoms with van der Waals surface area (Å²) in [6, 6.07) is 17.7. The Bertz CT molecular complexity index is 1230. The lowest BCUT2D eigenvalue weighted by molar-refractivity contribution is -0.111. The van der Waals surface area contributed by atoms with Crippen LogP contribution in [0.3, 0.4) is 0 Å². The van der Waals surface area contributed by atoms with E-state index < -0.39 is 5.97 Å². The van der Waals surface area contributed by atoms with E-state index in [2.05, 4.69) is 21.2 Å². The van der Waals surface area contributed by atoms with Gasteiger partial charge in [0.15, 0.2) is 11.5 Å². The number of benzene rings is 3. The van der Waals surface area contributed by atoms with E-state index in [1.807, 2.05) is 37.3 Å². The molecule has 1 N–H and O–H groups in total. The van der Waals surface area contributed by atoms with Crippen molar-refractivity contribution in [1.29, 1.82) is 0 Å². The molecule has 0 fully saturated rings. The van der Waals surface area contributed by atoms with Crippen LogP contribution in [0.25, 0.3) is 6.08 Å². The fourth-order valence-corrected chi connectivity index (χ4v) is 3.91. The number of carbonyl (C=O) groups excluding carboxylic acids is 2. The smallest absolute Gasteiger partial charge is 0.338 e. The summed E-state index contributed by atoms with van der Waals surface area (Å²) in [5, 5.41) is 3.37. The van der Waals surface area contributed by atoms with Crippen LogP contribution in [-0.4, -0.2) is 25.1 Å². The Morgan fingerprint density at radius 1 is 1.00 bits per heavy atom. The molecule has 0 saturated heterocycles. The zero-order valence-corrected chi connectivity index (χ0v) is 21.7. The molecule has 0 aliphatic heterocycles. The van der Waals surface area contributed by atoms with Gasteiger partial charge in [-0.05, 0) is 77.8 Å². The first-order chi connectivity index (χ1) is 16.9. The fourth-order valence-electron chi connectivity index (χ4n) is 3.15. The molecule has 0 saturated carbocycles. The van der Waals surface area contributed by atoms with E-state index in [9.17, 15) is 9.59 Å². The van der Waals surface area contributed by atoms with Crippen LogP contribution in [0.4, 0.5) is 5.69 Å². The molecule has 0 aromatic heterocycles. The van der Waals surface area contributed by atoms with Crippen molar-refractivity contribution in [3.63, 3.8) is 0 Å². The highest BCUT2D eigenvalue weighted by Gasteiger charge is 2.13. The number of carbonyl (C=O) groups is 2. The minimum atomic E-state index is -0.440. The van der Waals surface area contributed by atoms with Crippen molar-refractivity contribution in [2.75, 3.05) is 18.5 Å². The number of nitrogens with one attached hydrogen (secondary N) is 1. The molecule has 0 unspecified atom stereocenters. The minimum absolute atomic E-state index is 0.279. The van der Waals surface area contributed by atoms with E-state index in [0.29, 0.717) is 38.9 Å². The summed E-state index contributed by atoms with van der Waals surface area (Å²) >= 11 is 9.77. The third-order valence-corrected chi connectivity index (χ3v) is 5.69. The highest BCUT2D eigenvalue weighted by Crippen LogP contribution is 2.38. The Balaban J connectivity index is 1.72. The molecule has 3 aromatic rings. The van der Waals surface area contributed by atoms with E-state index >= 15 is 0 Å². The van der Waals surface area contributed by atoms with Gasteiger partial charge in [0.2, 0.25) is 5.91 Å². The summed E-state index contributed by atoms with van der Waals surface area (Å²) in [5.74, 6) is 0.295. The monoisotopic (exact) mass is 557 g/mol. The maximum absolute atomic E-state index is 12.5. The summed E-state index contributed by atoms with van der Waals surface area (Å²) in [4.78, 5) is 24.4. The van der Waals surface area contributed by atoms with Gasteiger partial charge in [0, 0.05) is 22.3 Å². The quantitative estimate of drug-likeness (QED) is 0.216. The summed E-state index contributed by atoms with van der Waals surface area (Å²) in [5.41, 5.74) is 2.45. The Morgan fingerprint density at radius 3 is 2.54 bits per heavy atom. The molecule has 3 rings (SSSR count). The third-order valence-electron chi connectivity index (χ3n) is 4.73. The predicted octanol–water partition coefficient (Wildman–Crippen LogP) is 6.91. The van der Waals surface area contributed by atoms with Crippen LogP contribution in [0.5, 0.6) is 11.5 Å². The van der Waals surface area contributed by atoms with Crippen LogP contribution in [0.15, 0.2) is 71.2 Å². The highest BCUT2D eigenvalue weighted by atomic mass is 79.9. The summed E-state index contributed by atoms with van der Waals surface area (Å²) in [6.07, 6.45) is 3.06. The van der Waals surface area contributed by atoms with Crippen LogP contribution in [-0.2, 0) is 16.1 Å². The first-order valence-corrected chi connectivity index (χ1v) is 12.2. The summed E-state index contributed by atoms with van der Waals surface area (Å²) in [7, 11) is 0. The van der Waals surface area contributed by atoms with Crippen LogP contribution in [0.2, 0.25) is 5.02 Å². The van der Waals surface area contributed by atoms with Crippen LogP contribution in [0, 0.1) is 0 Å². The van der Waals surface area contributed by atoms with Gasteiger partial charge >= 0.3 is 5.97 Å². The molecule has 0 aliphatic carbocycles. The average molecular weight is 559 g/mol. The maximum atomic E-state index is 12.5.